The molecule has 0 aliphatic carbocycles. The first-order valence-electron chi connectivity index (χ1n) is 9.52. The second-order valence-corrected chi connectivity index (χ2v) is 7.25. The largest absolute Gasteiger partial charge is 0.335 e. The van der Waals surface area contributed by atoms with Gasteiger partial charge in [0.15, 0.2) is 0 Å². The lowest BCUT2D eigenvalue weighted by Crippen LogP contribution is -2.51. The molecule has 1 saturated heterocycles. The SMILES string of the molecule is CCCCn1nc(C(=O)N2CCN(C(=O)c3ccc(F)cc3Cl)CC2)ccc1=O. The summed E-state index contributed by atoms with van der Waals surface area (Å²) in [4.78, 5) is 40.4. The molecule has 7 nitrogen and oxygen atoms in total. The van der Waals surface area contributed by atoms with E-state index in [-0.39, 0.29) is 33.7 Å². The summed E-state index contributed by atoms with van der Waals surface area (Å²) in [6.07, 6.45) is 1.72. The Kier molecular flexibility index (Phi) is 6.64. The van der Waals surface area contributed by atoms with Crippen molar-refractivity contribution in [3.63, 3.8) is 0 Å². The molecule has 9 heteroatoms. The summed E-state index contributed by atoms with van der Waals surface area (Å²) in [5, 5.41) is 4.25. The number of unbranched alkanes of at least 4 members (excludes halogenated alkanes) is 1. The van der Waals surface area contributed by atoms with Crippen LogP contribution in [0.25, 0.3) is 0 Å². The van der Waals surface area contributed by atoms with Crippen LogP contribution in [-0.2, 0) is 6.54 Å². The number of benzene rings is 1. The quantitative estimate of drug-likeness (QED) is 0.744. The zero-order chi connectivity index (χ0) is 21.0. The van der Waals surface area contributed by atoms with Crippen molar-refractivity contribution in [3.05, 3.63) is 62.8 Å². The van der Waals surface area contributed by atoms with Gasteiger partial charge in [-0.3, -0.25) is 14.4 Å². The fourth-order valence-electron chi connectivity index (χ4n) is 3.14. The van der Waals surface area contributed by atoms with Crippen molar-refractivity contribution in [3.8, 4) is 0 Å². The summed E-state index contributed by atoms with van der Waals surface area (Å²) in [6.45, 7) is 3.80. The molecule has 0 radical (unpaired) electrons. The van der Waals surface area contributed by atoms with Crippen molar-refractivity contribution in [1.82, 2.24) is 19.6 Å². The molecule has 3 rings (SSSR count). The third-order valence-electron chi connectivity index (χ3n) is 4.82. The molecule has 0 N–H and O–H groups in total. The molecular weight excluding hydrogens is 399 g/mol. The Morgan fingerprint density at radius 1 is 1.07 bits per heavy atom. The average molecular weight is 421 g/mol. The number of rotatable bonds is 5. The van der Waals surface area contributed by atoms with Crippen LogP contribution in [0.5, 0.6) is 0 Å². The first kappa shape index (κ1) is 21.0. The van der Waals surface area contributed by atoms with Gasteiger partial charge in [-0.25, -0.2) is 9.07 Å². The van der Waals surface area contributed by atoms with Crippen LogP contribution in [0.15, 0.2) is 35.1 Å². The van der Waals surface area contributed by atoms with Gasteiger partial charge in [-0.1, -0.05) is 24.9 Å². The Morgan fingerprint density at radius 2 is 1.72 bits per heavy atom. The molecule has 1 fully saturated rings. The van der Waals surface area contributed by atoms with Crippen LogP contribution in [0.1, 0.15) is 40.6 Å². The van der Waals surface area contributed by atoms with Crippen LogP contribution in [-0.4, -0.2) is 57.6 Å². The number of hydrogen-bond donors (Lipinski definition) is 0. The molecule has 154 valence electrons. The monoisotopic (exact) mass is 420 g/mol. The van der Waals surface area contributed by atoms with E-state index in [1.54, 1.807) is 9.80 Å². The molecule has 0 atom stereocenters. The number of amides is 2. The number of aryl methyl sites for hydroxylation is 1. The first-order chi connectivity index (χ1) is 13.9. The van der Waals surface area contributed by atoms with Crippen molar-refractivity contribution < 1.29 is 14.0 Å². The van der Waals surface area contributed by atoms with Gasteiger partial charge in [0.05, 0.1) is 10.6 Å². The molecular formula is C20H22ClFN4O3. The molecule has 29 heavy (non-hydrogen) atoms. The number of carbonyl (C=O) groups excluding carboxylic acids is 2. The Morgan fingerprint density at radius 3 is 2.34 bits per heavy atom. The minimum Gasteiger partial charge on any atom is -0.335 e. The fourth-order valence-corrected chi connectivity index (χ4v) is 3.39. The topological polar surface area (TPSA) is 75.5 Å². The highest BCUT2D eigenvalue weighted by molar-refractivity contribution is 6.33. The molecule has 2 aromatic rings. The predicted molar refractivity (Wildman–Crippen MR) is 107 cm³/mol. The Balaban J connectivity index is 1.65. The molecule has 2 amide bonds. The lowest BCUT2D eigenvalue weighted by molar-refractivity contribution is 0.0530. The molecule has 0 spiro atoms. The second kappa shape index (κ2) is 9.17. The van der Waals surface area contributed by atoms with E-state index >= 15 is 0 Å². The van der Waals surface area contributed by atoms with Crippen molar-refractivity contribution in [2.75, 3.05) is 26.2 Å². The van der Waals surface area contributed by atoms with Crippen LogP contribution in [0.4, 0.5) is 4.39 Å². The van der Waals surface area contributed by atoms with Gasteiger partial charge in [-0.2, -0.15) is 5.10 Å². The smallest absolute Gasteiger partial charge is 0.274 e. The van der Waals surface area contributed by atoms with Gasteiger partial charge in [0.25, 0.3) is 17.4 Å². The number of nitrogens with zero attached hydrogens (tertiary/aromatic N) is 4. The average Bonchev–Trinajstić information content (AvgIpc) is 2.72. The maximum Gasteiger partial charge on any atom is 0.274 e. The number of aromatic nitrogens is 2. The van der Waals surface area contributed by atoms with E-state index in [1.165, 1.54) is 28.9 Å². The molecule has 2 heterocycles. The van der Waals surface area contributed by atoms with Gasteiger partial charge >= 0.3 is 0 Å². The summed E-state index contributed by atoms with van der Waals surface area (Å²) in [5.41, 5.74) is 0.209. The summed E-state index contributed by atoms with van der Waals surface area (Å²) in [5.74, 6) is -1.08. The third-order valence-corrected chi connectivity index (χ3v) is 5.14. The van der Waals surface area contributed by atoms with Crippen LogP contribution < -0.4 is 5.56 Å². The van der Waals surface area contributed by atoms with Crippen molar-refractivity contribution in [2.24, 2.45) is 0 Å². The van der Waals surface area contributed by atoms with Gasteiger partial charge in [0.1, 0.15) is 11.5 Å². The highest BCUT2D eigenvalue weighted by atomic mass is 35.5. The Hall–Kier alpha value is -2.74. The number of carbonyl (C=O) groups is 2. The van der Waals surface area contributed by atoms with Gasteiger partial charge in [-0.05, 0) is 30.7 Å². The van der Waals surface area contributed by atoms with E-state index in [2.05, 4.69) is 5.10 Å². The van der Waals surface area contributed by atoms with Crippen LogP contribution in [0.2, 0.25) is 5.02 Å². The lowest BCUT2D eigenvalue weighted by Gasteiger charge is -2.34. The molecule has 1 aromatic heterocycles. The standard InChI is InChI=1S/C20H22ClFN4O3/c1-2-3-8-26-18(27)7-6-17(23-26)20(29)25-11-9-24(10-12-25)19(28)15-5-4-14(22)13-16(15)21/h4-7,13H,2-3,8-12H2,1H3. The minimum atomic E-state index is -0.505. The fraction of sp³-hybridized carbons (Fsp3) is 0.400. The van der Waals surface area contributed by atoms with E-state index in [9.17, 15) is 18.8 Å². The molecule has 1 aliphatic rings. The molecule has 0 unspecified atom stereocenters. The van der Waals surface area contributed by atoms with Crippen molar-refractivity contribution in [1.29, 1.82) is 0 Å². The van der Waals surface area contributed by atoms with E-state index in [1.807, 2.05) is 6.92 Å². The molecule has 1 aliphatic heterocycles. The lowest BCUT2D eigenvalue weighted by atomic mass is 10.1. The molecule has 1 aromatic carbocycles. The number of halogens is 2. The van der Waals surface area contributed by atoms with Crippen LogP contribution in [0, 0.1) is 5.82 Å². The summed E-state index contributed by atoms with van der Waals surface area (Å²) < 4.78 is 14.5. The van der Waals surface area contributed by atoms with Crippen LogP contribution >= 0.6 is 11.6 Å². The van der Waals surface area contributed by atoms with Crippen molar-refractivity contribution in [2.45, 2.75) is 26.3 Å². The second-order valence-electron chi connectivity index (χ2n) is 6.84. The summed E-state index contributed by atoms with van der Waals surface area (Å²) in [6, 6.07) is 6.45. The predicted octanol–water partition coefficient (Wildman–Crippen LogP) is 2.43. The zero-order valence-electron chi connectivity index (χ0n) is 16.1. The molecule has 0 saturated carbocycles. The summed E-state index contributed by atoms with van der Waals surface area (Å²) in [7, 11) is 0. The third kappa shape index (κ3) is 4.82. The van der Waals surface area contributed by atoms with Gasteiger partial charge in [-0.15, -0.1) is 0 Å². The van der Waals surface area contributed by atoms with E-state index < -0.39 is 5.82 Å². The van der Waals surface area contributed by atoms with E-state index in [0.29, 0.717) is 32.7 Å². The zero-order valence-corrected chi connectivity index (χ0v) is 16.9. The maximum atomic E-state index is 13.2. The Labute approximate surface area is 172 Å². The molecule has 0 bridgehead atoms. The minimum absolute atomic E-state index is 0.0621. The highest BCUT2D eigenvalue weighted by Crippen LogP contribution is 2.20. The van der Waals surface area contributed by atoms with Crippen molar-refractivity contribution >= 4 is 23.4 Å². The van der Waals surface area contributed by atoms with Gasteiger partial charge < -0.3 is 9.80 Å². The van der Waals surface area contributed by atoms with Gasteiger partial charge in [0, 0.05) is 38.8 Å². The normalized spacial score (nSPS) is 14.2. The summed E-state index contributed by atoms with van der Waals surface area (Å²) >= 11 is 5.98. The van der Waals surface area contributed by atoms with Gasteiger partial charge in [0.2, 0.25) is 0 Å². The highest BCUT2D eigenvalue weighted by Gasteiger charge is 2.27. The first-order valence-corrected chi connectivity index (χ1v) is 9.90. The van der Waals surface area contributed by atoms with E-state index in [4.69, 9.17) is 11.6 Å². The van der Waals surface area contributed by atoms with E-state index in [0.717, 1.165) is 18.9 Å². The number of piperazine rings is 1. The number of hydrogen-bond acceptors (Lipinski definition) is 4. The van der Waals surface area contributed by atoms with Crippen LogP contribution in [0.3, 0.4) is 0 Å². The Bertz CT molecular complexity index is 970. The maximum absolute atomic E-state index is 13.2.